The highest BCUT2D eigenvalue weighted by Gasteiger charge is 2.19. The van der Waals surface area contributed by atoms with E-state index in [0.29, 0.717) is 22.9 Å². The van der Waals surface area contributed by atoms with Crippen LogP contribution < -0.4 is 10.6 Å². The molecular weight excluding hydrogens is 287 g/mol. The Labute approximate surface area is 122 Å². The lowest BCUT2D eigenvalue weighted by Gasteiger charge is -2.18. The predicted octanol–water partition coefficient (Wildman–Crippen LogP) is 2.18. The van der Waals surface area contributed by atoms with E-state index in [4.69, 9.17) is 23.2 Å². The number of hydrogen-bond acceptors (Lipinski definition) is 2. The summed E-state index contributed by atoms with van der Waals surface area (Å²) in [5, 5.41) is 6.14. The van der Waals surface area contributed by atoms with Gasteiger partial charge in [-0.25, -0.2) is 0 Å². The number of nitrogens with one attached hydrogen (secondary N) is 2. The zero-order chi connectivity index (χ0) is 14.4. The van der Waals surface area contributed by atoms with E-state index in [9.17, 15) is 9.59 Å². The van der Waals surface area contributed by atoms with Crippen molar-refractivity contribution in [3.63, 3.8) is 0 Å². The molecule has 0 aliphatic heterocycles. The van der Waals surface area contributed by atoms with E-state index in [2.05, 4.69) is 10.6 Å². The fourth-order valence-corrected chi connectivity index (χ4v) is 1.92. The second-order valence-electron chi connectivity index (χ2n) is 4.45. The van der Waals surface area contributed by atoms with Crippen molar-refractivity contribution in [1.82, 2.24) is 10.6 Å². The van der Waals surface area contributed by atoms with Crippen LogP contribution >= 0.6 is 23.2 Å². The third kappa shape index (κ3) is 5.09. The molecule has 1 atom stereocenters. The minimum atomic E-state index is -0.628. The number of amides is 2. The van der Waals surface area contributed by atoms with E-state index in [1.165, 1.54) is 0 Å². The van der Waals surface area contributed by atoms with Crippen molar-refractivity contribution in [2.24, 2.45) is 0 Å². The minimum Gasteiger partial charge on any atom is -0.352 e. The zero-order valence-corrected chi connectivity index (χ0v) is 12.3. The highest BCUT2D eigenvalue weighted by Crippen LogP contribution is 2.23. The van der Waals surface area contributed by atoms with Gasteiger partial charge >= 0.3 is 0 Å². The Morgan fingerprint density at radius 2 is 2.00 bits per heavy atom. The Kier molecular flexibility index (Phi) is 6.12. The average Bonchev–Trinajstić information content (AvgIpc) is 2.32. The molecule has 4 nitrogen and oxygen atoms in total. The molecule has 104 valence electrons. The van der Waals surface area contributed by atoms with Gasteiger partial charge in [0.15, 0.2) is 0 Å². The standard InChI is InChI=1S/C13H16Cl2N2O2/c1-8(2)17-13(19)12(16-7-18)6-9-3-4-10(14)11(15)5-9/h3-5,7-8,12H,6H2,1-2H3,(H,16,18)(H,17,19). The summed E-state index contributed by atoms with van der Waals surface area (Å²) < 4.78 is 0. The first-order chi connectivity index (χ1) is 8.93. The lowest BCUT2D eigenvalue weighted by molar-refractivity contribution is -0.125. The molecule has 0 aromatic heterocycles. The molecule has 0 radical (unpaired) electrons. The SMILES string of the molecule is CC(C)NC(=O)C(Cc1ccc(Cl)c(Cl)c1)NC=O. The summed E-state index contributed by atoms with van der Waals surface area (Å²) in [5.41, 5.74) is 0.827. The van der Waals surface area contributed by atoms with Gasteiger partial charge in [-0.05, 0) is 31.5 Å². The van der Waals surface area contributed by atoms with Crippen LogP contribution in [0.1, 0.15) is 19.4 Å². The van der Waals surface area contributed by atoms with Crippen molar-refractivity contribution in [3.8, 4) is 0 Å². The minimum absolute atomic E-state index is 0.0113. The first kappa shape index (κ1) is 15.8. The molecule has 0 heterocycles. The average molecular weight is 303 g/mol. The Hall–Kier alpha value is -1.26. The second-order valence-corrected chi connectivity index (χ2v) is 5.27. The van der Waals surface area contributed by atoms with Crippen LogP contribution in [0.5, 0.6) is 0 Å². The van der Waals surface area contributed by atoms with Crippen LogP contribution in [0.15, 0.2) is 18.2 Å². The summed E-state index contributed by atoms with van der Waals surface area (Å²) in [6, 6.07) is 4.51. The molecule has 6 heteroatoms. The van der Waals surface area contributed by atoms with Gasteiger partial charge in [0.25, 0.3) is 0 Å². The first-order valence-electron chi connectivity index (χ1n) is 5.88. The van der Waals surface area contributed by atoms with Crippen LogP contribution in [0, 0.1) is 0 Å². The first-order valence-corrected chi connectivity index (χ1v) is 6.63. The number of benzene rings is 1. The van der Waals surface area contributed by atoms with Gasteiger partial charge in [-0.15, -0.1) is 0 Å². The molecule has 0 fully saturated rings. The van der Waals surface area contributed by atoms with Crippen LogP contribution in [0.3, 0.4) is 0 Å². The maximum atomic E-state index is 11.9. The number of halogens is 2. The Bertz CT molecular complexity index is 464. The highest BCUT2D eigenvalue weighted by molar-refractivity contribution is 6.42. The molecule has 1 aromatic carbocycles. The quantitative estimate of drug-likeness (QED) is 0.791. The van der Waals surface area contributed by atoms with Gasteiger partial charge in [-0.1, -0.05) is 29.3 Å². The van der Waals surface area contributed by atoms with E-state index >= 15 is 0 Å². The van der Waals surface area contributed by atoms with Crippen LogP contribution in [0.25, 0.3) is 0 Å². The molecule has 19 heavy (non-hydrogen) atoms. The summed E-state index contributed by atoms with van der Waals surface area (Å²) in [5.74, 6) is -0.229. The van der Waals surface area contributed by atoms with Gasteiger partial charge in [-0.2, -0.15) is 0 Å². The maximum absolute atomic E-state index is 11.9. The van der Waals surface area contributed by atoms with Crippen molar-refractivity contribution >= 4 is 35.5 Å². The van der Waals surface area contributed by atoms with Crippen LogP contribution in [0.2, 0.25) is 10.0 Å². The van der Waals surface area contributed by atoms with Crippen molar-refractivity contribution in [2.45, 2.75) is 32.4 Å². The van der Waals surface area contributed by atoms with Gasteiger partial charge < -0.3 is 10.6 Å². The summed E-state index contributed by atoms with van der Waals surface area (Å²) in [7, 11) is 0. The molecular formula is C13H16Cl2N2O2. The Balaban J connectivity index is 2.79. The van der Waals surface area contributed by atoms with Gasteiger partial charge in [-0.3, -0.25) is 9.59 Å². The van der Waals surface area contributed by atoms with E-state index in [0.717, 1.165) is 5.56 Å². The topological polar surface area (TPSA) is 58.2 Å². The molecule has 0 aliphatic rings. The van der Waals surface area contributed by atoms with Crippen LogP contribution in [-0.2, 0) is 16.0 Å². The molecule has 0 saturated heterocycles. The van der Waals surface area contributed by atoms with Crippen molar-refractivity contribution in [2.75, 3.05) is 0 Å². The molecule has 1 unspecified atom stereocenters. The third-order valence-electron chi connectivity index (χ3n) is 2.44. The van der Waals surface area contributed by atoms with Crippen LogP contribution in [-0.4, -0.2) is 24.4 Å². The fourth-order valence-electron chi connectivity index (χ4n) is 1.60. The van der Waals surface area contributed by atoms with E-state index in [-0.39, 0.29) is 11.9 Å². The Morgan fingerprint density at radius 3 is 2.53 bits per heavy atom. The molecule has 0 aliphatic carbocycles. The lowest BCUT2D eigenvalue weighted by Crippen LogP contribution is -2.47. The second kappa shape index (κ2) is 7.36. The van der Waals surface area contributed by atoms with E-state index in [1.54, 1.807) is 18.2 Å². The normalized spacial score (nSPS) is 12.1. The number of rotatable bonds is 6. The van der Waals surface area contributed by atoms with Gasteiger partial charge in [0, 0.05) is 12.5 Å². The third-order valence-corrected chi connectivity index (χ3v) is 3.18. The van der Waals surface area contributed by atoms with Crippen LogP contribution in [0.4, 0.5) is 0 Å². The molecule has 0 spiro atoms. The van der Waals surface area contributed by atoms with Crippen molar-refractivity contribution < 1.29 is 9.59 Å². The molecule has 2 N–H and O–H groups in total. The van der Waals surface area contributed by atoms with Gasteiger partial charge in [0.2, 0.25) is 12.3 Å². The summed E-state index contributed by atoms with van der Waals surface area (Å²) in [6.07, 6.45) is 0.871. The molecule has 0 bridgehead atoms. The summed E-state index contributed by atoms with van der Waals surface area (Å²) in [6.45, 7) is 3.71. The number of carbonyl (C=O) groups is 2. The van der Waals surface area contributed by atoms with Gasteiger partial charge in [0.05, 0.1) is 10.0 Å². The highest BCUT2D eigenvalue weighted by atomic mass is 35.5. The summed E-state index contributed by atoms with van der Waals surface area (Å²) in [4.78, 5) is 22.5. The van der Waals surface area contributed by atoms with Gasteiger partial charge in [0.1, 0.15) is 6.04 Å². The van der Waals surface area contributed by atoms with Crippen molar-refractivity contribution in [1.29, 1.82) is 0 Å². The molecule has 1 rings (SSSR count). The smallest absolute Gasteiger partial charge is 0.243 e. The maximum Gasteiger partial charge on any atom is 0.243 e. The van der Waals surface area contributed by atoms with Crippen molar-refractivity contribution in [3.05, 3.63) is 33.8 Å². The lowest BCUT2D eigenvalue weighted by atomic mass is 10.1. The number of hydrogen-bond donors (Lipinski definition) is 2. The fraction of sp³-hybridized carbons (Fsp3) is 0.385. The molecule has 0 saturated carbocycles. The summed E-state index contributed by atoms with van der Waals surface area (Å²) >= 11 is 11.7. The van der Waals surface area contributed by atoms with E-state index in [1.807, 2.05) is 13.8 Å². The predicted molar refractivity (Wildman–Crippen MR) is 76.4 cm³/mol. The molecule has 1 aromatic rings. The zero-order valence-electron chi connectivity index (χ0n) is 10.7. The van der Waals surface area contributed by atoms with E-state index < -0.39 is 6.04 Å². The largest absolute Gasteiger partial charge is 0.352 e. The number of carbonyl (C=O) groups excluding carboxylic acids is 2. The Morgan fingerprint density at radius 1 is 1.32 bits per heavy atom. The molecule has 2 amide bonds. The monoisotopic (exact) mass is 302 g/mol.